The van der Waals surface area contributed by atoms with Crippen LogP contribution < -0.4 is 5.32 Å². The van der Waals surface area contributed by atoms with E-state index in [1.807, 2.05) is 14.0 Å². The predicted molar refractivity (Wildman–Crippen MR) is 74.5 cm³/mol. The average Bonchev–Trinajstić information content (AvgIpc) is 2.28. The third-order valence-corrected chi connectivity index (χ3v) is 3.96. The molecule has 3 nitrogen and oxygen atoms in total. The van der Waals surface area contributed by atoms with Gasteiger partial charge in [-0.3, -0.25) is 4.79 Å². The van der Waals surface area contributed by atoms with Crippen molar-refractivity contribution < 1.29 is 9.53 Å². The molecule has 1 aliphatic carbocycles. The average molecular weight is 255 g/mol. The number of ether oxygens (including phenoxy) is 1. The molecule has 1 saturated carbocycles. The van der Waals surface area contributed by atoms with Crippen molar-refractivity contribution >= 4 is 5.97 Å². The number of carbonyl (C=O) groups excluding carboxylic acids is 1. The van der Waals surface area contributed by atoms with E-state index in [0.29, 0.717) is 12.3 Å². The highest BCUT2D eigenvalue weighted by Gasteiger charge is 2.33. The third-order valence-electron chi connectivity index (χ3n) is 3.96. The van der Waals surface area contributed by atoms with Gasteiger partial charge in [-0.1, -0.05) is 33.1 Å². The summed E-state index contributed by atoms with van der Waals surface area (Å²) in [6.07, 6.45) is 7.42. The summed E-state index contributed by atoms with van der Waals surface area (Å²) in [6.45, 7) is 6.30. The highest BCUT2D eigenvalue weighted by molar-refractivity contribution is 5.71. The number of hydrogen-bond donors (Lipinski definition) is 1. The van der Waals surface area contributed by atoms with Crippen LogP contribution in [0.4, 0.5) is 0 Å². The van der Waals surface area contributed by atoms with Gasteiger partial charge in [0.15, 0.2) is 0 Å². The van der Waals surface area contributed by atoms with Gasteiger partial charge in [-0.15, -0.1) is 0 Å². The van der Waals surface area contributed by atoms with Crippen LogP contribution >= 0.6 is 0 Å². The highest BCUT2D eigenvalue weighted by Crippen LogP contribution is 2.31. The van der Waals surface area contributed by atoms with Gasteiger partial charge in [0.1, 0.15) is 0 Å². The molecule has 0 radical (unpaired) electrons. The lowest BCUT2D eigenvalue weighted by Crippen LogP contribution is -2.46. The van der Waals surface area contributed by atoms with Crippen LogP contribution in [0.1, 0.15) is 65.7 Å². The summed E-state index contributed by atoms with van der Waals surface area (Å²) in [4.78, 5) is 12.0. The van der Waals surface area contributed by atoms with Crippen LogP contribution in [0.15, 0.2) is 0 Å². The maximum absolute atomic E-state index is 12.0. The highest BCUT2D eigenvalue weighted by atomic mass is 16.5. The Morgan fingerprint density at radius 2 is 1.83 bits per heavy atom. The fraction of sp³-hybridized carbons (Fsp3) is 0.933. The Kier molecular flexibility index (Phi) is 6.13. The molecular formula is C15H29NO2. The first kappa shape index (κ1) is 15.5. The van der Waals surface area contributed by atoms with Crippen molar-refractivity contribution in [2.24, 2.45) is 5.92 Å². The summed E-state index contributed by atoms with van der Waals surface area (Å²) in [5, 5.41) is 3.36. The van der Waals surface area contributed by atoms with Gasteiger partial charge in [-0.2, -0.15) is 0 Å². The van der Waals surface area contributed by atoms with E-state index in [-0.39, 0.29) is 17.6 Å². The third kappa shape index (κ3) is 4.97. The molecule has 106 valence electrons. The van der Waals surface area contributed by atoms with Crippen LogP contribution in [0.2, 0.25) is 0 Å². The second kappa shape index (κ2) is 7.13. The van der Waals surface area contributed by atoms with Crippen molar-refractivity contribution in [3.63, 3.8) is 0 Å². The second-order valence-corrected chi connectivity index (χ2v) is 6.20. The zero-order valence-corrected chi connectivity index (χ0v) is 12.4. The van der Waals surface area contributed by atoms with Crippen molar-refractivity contribution in [1.82, 2.24) is 5.32 Å². The number of carbonyl (C=O) groups is 1. The topological polar surface area (TPSA) is 38.3 Å². The van der Waals surface area contributed by atoms with E-state index in [1.165, 1.54) is 19.3 Å². The lowest BCUT2D eigenvalue weighted by atomic mass is 9.79. The molecule has 0 saturated heterocycles. The Morgan fingerprint density at radius 1 is 1.22 bits per heavy atom. The summed E-state index contributed by atoms with van der Waals surface area (Å²) in [5.41, 5.74) is -0.00706. The summed E-state index contributed by atoms with van der Waals surface area (Å²) >= 11 is 0. The van der Waals surface area contributed by atoms with Crippen molar-refractivity contribution in [2.45, 2.75) is 77.4 Å². The molecule has 0 bridgehead atoms. The molecule has 0 aromatic carbocycles. The first-order valence-corrected chi connectivity index (χ1v) is 7.36. The van der Waals surface area contributed by atoms with Gasteiger partial charge in [0.2, 0.25) is 0 Å². The molecule has 0 aromatic heterocycles. The zero-order valence-electron chi connectivity index (χ0n) is 12.4. The molecule has 1 unspecified atom stereocenters. The Morgan fingerprint density at radius 3 is 2.33 bits per heavy atom. The number of hydrogen-bond acceptors (Lipinski definition) is 3. The summed E-state index contributed by atoms with van der Waals surface area (Å²) in [6, 6.07) is 0. The molecular weight excluding hydrogens is 226 g/mol. The Labute approximate surface area is 112 Å². The van der Waals surface area contributed by atoms with Gasteiger partial charge in [0.05, 0.1) is 12.5 Å². The van der Waals surface area contributed by atoms with Gasteiger partial charge in [-0.05, 0) is 39.2 Å². The molecule has 1 aliphatic rings. The summed E-state index contributed by atoms with van der Waals surface area (Å²) in [5.74, 6) is 0.528. The maximum Gasteiger partial charge on any atom is 0.307 e. The molecule has 1 N–H and O–H groups in total. The van der Waals surface area contributed by atoms with E-state index in [0.717, 1.165) is 19.3 Å². The number of rotatable bonds is 6. The van der Waals surface area contributed by atoms with Crippen molar-refractivity contribution in [3.05, 3.63) is 0 Å². The van der Waals surface area contributed by atoms with Gasteiger partial charge in [-0.25, -0.2) is 0 Å². The Bertz CT molecular complexity index is 257. The first-order chi connectivity index (χ1) is 8.47. The minimum Gasteiger partial charge on any atom is -0.463 e. The standard InChI is InChI=1S/C15H29NO2/c1-12(2)10-13(3)18-14(17)11-15(16-4)8-6-5-7-9-15/h12-13,16H,5-11H2,1-4H3. The summed E-state index contributed by atoms with van der Waals surface area (Å²) < 4.78 is 5.51. The first-order valence-electron chi connectivity index (χ1n) is 7.36. The van der Waals surface area contributed by atoms with Crippen molar-refractivity contribution in [3.8, 4) is 0 Å². The minimum atomic E-state index is -0.0422. The van der Waals surface area contributed by atoms with E-state index in [4.69, 9.17) is 4.74 Å². The molecule has 0 amide bonds. The smallest absolute Gasteiger partial charge is 0.307 e. The number of nitrogens with one attached hydrogen (secondary N) is 1. The maximum atomic E-state index is 12.0. The normalized spacial score (nSPS) is 20.7. The fourth-order valence-corrected chi connectivity index (χ4v) is 3.00. The van der Waals surface area contributed by atoms with Gasteiger partial charge in [0.25, 0.3) is 0 Å². The second-order valence-electron chi connectivity index (χ2n) is 6.20. The predicted octanol–water partition coefficient (Wildman–Crippen LogP) is 3.28. The fourth-order valence-electron chi connectivity index (χ4n) is 3.00. The van der Waals surface area contributed by atoms with Gasteiger partial charge in [0, 0.05) is 5.54 Å². The lowest BCUT2D eigenvalue weighted by Gasteiger charge is -2.36. The molecule has 0 aromatic rings. The van der Waals surface area contributed by atoms with Crippen LogP contribution in [0.25, 0.3) is 0 Å². The molecule has 1 fully saturated rings. The SMILES string of the molecule is CNC1(CC(=O)OC(C)CC(C)C)CCCCC1. The molecule has 1 atom stereocenters. The summed E-state index contributed by atoms with van der Waals surface area (Å²) in [7, 11) is 1.97. The van der Waals surface area contributed by atoms with E-state index < -0.39 is 0 Å². The molecule has 18 heavy (non-hydrogen) atoms. The van der Waals surface area contributed by atoms with E-state index >= 15 is 0 Å². The molecule has 0 spiro atoms. The monoisotopic (exact) mass is 255 g/mol. The van der Waals surface area contributed by atoms with E-state index in [1.54, 1.807) is 0 Å². The van der Waals surface area contributed by atoms with Crippen LogP contribution in [0.5, 0.6) is 0 Å². The zero-order chi connectivity index (χ0) is 13.6. The van der Waals surface area contributed by atoms with Crippen LogP contribution in [0.3, 0.4) is 0 Å². The van der Waals surface area contributed by atoms with E-state index in [9.17, 15) is 4.79 Å². The molecule has 3 heteroatoms. The Hall–Kier alpha value is -0.570. The molecule has 0 aliphatic heterocycles. The van der Waals surface area contributed by atoms with Gasteiger partial charge < -0.3 is 10.1 Å². The quantitative estimate of drug-likeness (QED) is 0.740. The molecule has 0 heterocycles. The minimum absolute atomic E-state index is 0.00706. The van der Waals surface area contributed by atoms with Crippen LogP contribution in [-0.4, -0.2) is 24.7 Å². The Balaban J connectivity index is 2.42. The van der Waals surface area contributed by atoms with E-state index in [2.05, 4.69) is 19.2 Å². The largest absolute Gasteiger partial charge is 0.463 e. The molecule has 1 rings (SSSR count). The van der Waals surface area contributed by atoms with Crippen LogP contribution in [0, 0.1) is 5.92 Å². The number of esters is 1. The lowest BCUT2D eigenvalue weighted by molar-refractivity contribution is -0.151. The van der Waals surface area contributed by atoms with Crippen molar-refractivity contribution in [1.29, 1.82) is 0 Å². The van der Waals surface area contributed by atoms with Crippen LogP contribution in [-0.2, 0) is 9.53 Å². The van der Waals surface area contributed by atoms with Crippen molar-refractivity contribution in [2.75, 3.05) is 7.05 Å². The van der Waals surface area contributed by atoms with Gasteiger partial charge >= 0.3 is 5.97 Å².